The van der Waals surface area contributed by atoms with Gasteiger partial charge in [0.15, 0.2) is 45.9 Å². The number of aromatic carboxylic acids is 1. The number of carboxylic acid groups (broad SMARTS) is 1. The smallest absolute Gasteiger partial charge is 0.359 e. The lowest BCUT2D eigenvalue weighted by molar-refractivity contribution is 0.0514. The number of amides is 3. The molecule has 0 aliphatic heterocycles. The van der Waals surface area contributed by atoms with E-state index in [1.54, 1.807) is 95.6 Å². The molecule has 0 fully saturated rings. The largest absolute Gasteiger partial charge is 0.476 e. The molecule has 0 saturated carbocycles. The molecular formula is C52H38Cl4N18O9. The van der Waals surface area contributed by atoms with Gasteiger partial charge in [0.05, 0.1) is 57.0 Å². The number of carboxylic acids is 1. The van der Waals surface area contributed by atoms with E-state index in [9.17, 15) is 33.9 Å². The molecule has 0 atom stereocenters. The summed E-state index contributed by atoms with van der Waals surface area (Å²) < 4.78 is 14.8. The van der Waals surface area contributed by atoms with Crippen LogP contribution in [0.15, 0.2) is 111 Å². The number of benzene rings is 1. The van der Waals surface area contributed by atoms with E-state index >= 15 is 0 Å². The summed E-state index contributed by atoms with van der Waals surface area (Å²) in [6.45, 7) is 3.64. The molecule has 0 spiro atoms. The van der Waals surface area contributed by atoms with Crippen molar-refractivity contribution in [2.75, 3.05) is 29.2 Å². The lowest BCUT2D eigenvalue weighted by Crippen LogP contribution is -2.21. The molecular weight excluding hydrogens is 1160 g/mol. The second kappa shape index (κ2) is 28.0. The molecule has 27 nitrogen and oxygen atoms in total. The molecule has 0 aliphatic rings. The van der Waals surface area contributed by atoms with Crippen LogP contribution in [0.25, 0.3) is 17.5 Å². The van der Waals surface area contributed by atoms with Gasteiger partial charge in [0, 0.05) is 49.3 Å². The number of imidazole rings is 3. The summed E-state index contributed by atoms with van der Waals surface area (Å²) in [7, 11) is 0. The van der Waals surface area contributed by atoms with Gasteiger partial charge in [0.1, 0.15) is 29.3 Å². The minimum atomic E-state index is -1.37. The molecule has 83 heavy (non-hydrogen) atoms. The number of carbonyl (C=O) groups is 6. The Hall–Kier alpha value is -10.6. The number of ether oxygens (including phenoxy) is 2. The number of pyridine rings is 2. The lowest BCUT2D eigenvalue weighted by Gasteiger charge is -2.13. The maximum atomic E-state index is 12.8. The Morgan fingerprint density at radius 3 is 1.47 bits per heavy atom. The minimum absolute atomic E-state index is 0.0113. The van der Waals surface area contributed by atoms with Crippen molar-refractivity contribution >= 4 is 99.1 Å². The van der Waals surface area contributed by atoms with Crippen LogP contribution >= 0.6 is 46.4 Å². The molecule has 0 bridgehead atoms. The van der Waals surface area contributed by atoms with E-state index < -0.39 is 41.3 Å². The number of hydrogen-bond acceptors (Lipinski definition) is 20. The normalized spacial score (nSPS) is 10.3. The van der Waals surface area contributed by atoms with Crippen molar-refractivity contribution in [2.45, 2.75) is 20.4 Å². The number of nitrogens with one attached hydrogen (secondary N) is 3. The maximum absolute atomic E-state index is 12.8. The van der Waals surface area contributed by atoms with Gasteiger partial charge in [0.25, 0.3) is 17.7 Å². The maximum Gasteiger partial charge on any atom is 0.359 e. The summed E-state index contributed by atoms with van der Waals surface area (Å²) in [5, 5.41) is 40.5. The molecule has 9 rings (SSSR count). The van der Waals surface area contributed by atoms with Crippen molar-refractivity contribution in [3.8, 4) is 42.1 Å². The molecule has 0 radical (unpaired) electrons. The first-order chi connectivity index (χ1) is 40.0. The Morgan fingerprint density at radius 2 is 1.02 bits per heavy atom. The first-order valence-electron chi connectivity index (χ1n) is 23.5. The molecule has 31 heteroatoms. The van der Waals surface area contributed by atoms with Gasteiger partial charge in [-0.1, -0.05) is 58.2 Å². The zero-order valence-corrected chi connectivity index (χ0v) is 45.8. The molecule has 8 aromatic heterocycles. The number of nitrogens with zero attached hydrogens (tertiary/aromatic N) is 14. The summed E-state index contributed by atoms with van der Waals surface area (Å²) in [4.78, 5) is 92.7. The van der Waals surface area contributed by atoms with Crippen LogP contribution in [0.1, 0.15) is 93.3 Å². The van der Waals surface area contributed by atoms with Crippen LogP contribution < -0.4 is 21.7 Å². The molecule has 3 amide bonds. The Balaban J connectivity index is 0.000000179. The Morgan fingerprint density at radius 1 is 0.566 bits per heavy atom. The highest BCUT2D eigenvalue weighted by Gasteiger charge is 2.24. The molecule has 418 valence electrons. The predicted octanol–water partition coefficient (Wildman–Crippen LogP) is 6.62. The summed E-state index contributed by atoms with van der Waals surface area (Å²) >= 11 is 23.8. The third-order valence-electron chi connectivity index (χ3n) is 10.6. The fourth-order valence-corrected chi connectivity index (χ4v) is 7.43. The molecule has 1 aromatic carbocycles. The van der Waals surface area contributed by atoms with Crippen molar-refractivity contribution in [1.29, 1.82) is 0 Å². The summed E-state index contributed by atoms with van der Waals surface area (Å²) in [5.41, 5.74) is 6.16. The summed E-state index contributed by atoms with van der Waals surface area (Å²) in [6.07, 6.45) is 25.1. The topological polar surface area (TPSA) is 360 Å². The number of aromatic nitrogens is 14. The highest BCUT2D eigenvalue weighted by Crippen LogP contribution is 2.31. The standard InChI is InChI=1S/C18H16Cl2N6O3.C18H13ClN6O3.C16H9ClN6O3/c1-2-29-18(28)11-6-12(19)13(20)7-14(11)23-17(27)16-10(8-21)5-15(24-25-16)26-4-3-22-9-26;1-3-11-9-13(15(22-16(11)19)18(27)28-4-2)21-17(26)12-5-6-14(24-23-12)25-8-7-20-10-25;1-2-9-7-11(13(16(25)26)20-14(9)17)19-15(24)10-3-4-12(22-21-10)23-6-5-18-8-23/h3-7,9H,2,8,21H2,1H3,(H,23,27);1,5-10H,4H2,2H3,(H,21,26);1,3-8H,(H,19,24)(H,25,26). The molecule has 0 unspecified atom stereocenters. The van der Waals surface area contributed by atoms with Crippen molar-refractivity contribution in [1.82, 2.24) is 69.2 Å². The SMILES string of the molecule is C#Cc1cc(NC(=O)c2ccc(-n3ccnc3)nn2)c(C(=O)O)nc1Cl.C#Cc1cc(NC(=O)c2ccc(-n3ccnc3)nn2)c(C(=O)OCC)nc1Cl.CCOC(=O)c1cc(Cl)c(Cl)cc1NC(=O)c1nnc(-n2ccnc2)cc1CN. The Labute approximate surface area is 488 Å². The van der Waals surface area contributed by atoms with Gasteiger partial charge < -0.3 is 36.3 Å². The van der Waals surface area contributed by atoms with Crippen molar-refractivity contribution < 1.29 is 43.3 Å². The van der Waals surface area contributed by atoms with E-state index in [-0.39, 0.29) is 96.6 Å². The van der Waals surface area contributed by atoms with E-state index in [0.717, 1.165) is 0 Å². The molecule has 8 heterocycles. The highest BCUT2D eigenvalue weighted by atomic mass is 35.5. The number of esters is 2. The number of hydrogen-bond donors (Lipinski definition) is 5. The molecule has 9 aromatic rings. The zero-order valence-electron chi connectivity index (χ0n) is 42.7. The van der Waals surface area contributed by atoms with Crippen LogP contribution in [0, 0.1) is 24.7 Å². The average Bonchev–Trinajstić information content (AvgIpc) is 4.41. The third kappa shape index (κ3) is 15.0. The van der Waals surface area contributed by atoms with Gasteiger partial charge >= 0.3 is 17.9 Å². The van der Waals surface area contributed by atoms with Crippen LogP contribution in [-0.4, -0.2) is 123 Å². The van der Waals surface area contributed by atoms with E-state index in [2.05, 4.69) is 83.3 Å². The van der Waals surface area contributed by atoms with Gasteiger partial charge in [0.2, 0.25) is 0 Å². The van der Waals surface area contributed by atoms with Crippen LogP contribution in [0.3, 0.4) is 0 Å². The summed E-state index contributed by atoms with van der Waals surface area (Å²) in [5.74, 6) is 1.35. The molecule has 0 saturated heterocycles. The zero-order chi connectivity index (χ0) is 59.7. The number of halogens is 4. The fourth-order valence-electron chi connectivity index (χ4n) is 6.72. The first kappa shape index (κ1) is 60.1. The van der Waals surface area contributed by atoms with Crippen LogP contribution in [-0.2, 0) is 16.0 Å². The fraction of sp³-hybridized carbons (Fsp3) is 0.0962. The van der Waals surface area contributed by atoms with Crippen LogP contribution in [0.4, 0.5) is 17.1 Å². The summed E-state index contributed by atoms with van der Waals surface area (Å²) in [6, 6.07) is 13.0. The third-order valence-corrected chi connectivity index (χ3v) is 11.9. The number of rotatable bonds is 15. The van der Waals surface area contributed by atoms with Crippen molar-refractivity contribution in [2.24, 2.45) is 5.73 Å². The van der Waals surface area contributed by atoms with E-state index in [0.29, 0.717) is 23.0 Å². The van der Waals surface area contributed by atoms with Gasteiger partial charge in [-0.3, -0.25) is 28.1 Å². The number of terminal acetylenes is 2. The average molecular weight is 1200 g/mol. The van der Waals surface area contributed by atoms with Crippen LogP contribution in [0.5, 0.6) is 0 Å². The second-order valence-corrected chi connectivity index (χ2v) is 17.4. The van der Waals surface area contributed by atoms with Crippen molar-refractivity contribution in [3.05, 3.63) is 182 Å². The highest BCUT2D eigenvalue weighted by molar-refractivity contribution is 6.42. The molecule has 6 N–H and O–H groups in total. The van der Waals surface area contributed by atoms with Gasteiger partial charge in [-0.2, -0.15) is 0 Å². The van der Waals surface area contributed by atoms with E-state index in [4.69, 9.17) is 74.5 Å². The van der Waals surface area contributed by atoms with Crippen LogP contribution in [0.2, 0.25) is 20.4 Å². The Bertz CT molecular complexity index is 3950. The number of carbonyl (C=O) groups excluding carboxylic acids is 5. The minimum Gasteiger partial charge on any atom is -0.476 e. The van der Waals surface area contributed by atoms with E-state index in [1.165, 1.54) is 42.7 Å². The number of anilines is 3. The monoisotopic (exact) mass is 1200 g/mol. The Kier molecular flexibility index (Phi) is 20.3. The second-order valence-electron chi connectivity index (χ2n) is 15.9. The number of nitrogens with two attached hydrogens (primary N) is 1. The predicted molar refractivity (Wildman–Crippen MR) is 299 cm³/mol. The first-order valence-corrected chi connectivity index (χ1v) is 25.0. The van der Waals surface area contributed by atoms with E-state index in [1.807, 2.05) is 0 Å². The van der Waals surface area contributed by atoms with Gasteiger partial charge in [-0.05, 0) is 68.4 Å². The van der Waals surface area contributed by atoms with Gasteiger partial charge in [-0.25, -0.2) is 39.3 Å². The van der Waals surface area contributed by atoms with Crippen molar-refractivity contribution in [3.63, 3.8) is 0 Å². The molecule has 0 aliphatic carbocycles. The van der Waals surface area contributed by atoms with Gasteiger partial charge in [-0.15, -0.1) is 43.4 Å². The quantitative estimate of drug-likeness (QED) is 0.0409. The lowest BCUT2D eigenvalue weighted by atomic mass is 10.1.